The van der Waals surface area contributed by atoms with E-state index in [-0.39, 0.29) is 28.4 Å². The summed E-state index contributed by atoms with van der Waals surface area (Å²) in [6.07, 6.45) is 3.43. The highest BCUT2D eigenvalue weighted by Gasteiger charge is 2.29. The van der Waals surface area contributed by atoms with E-state index in [9.17, 15) is 13.2 Å². The van der Waals surface area contributed by atoms with Crippen molar-refractivity contribution in [2.24, 2.45) is 0 Å². The number of sulfone groups is 1. The molecule has 1 fully saturated rings. The molecule has 0 aliphatic heterocycles. The lowest BCUT2D eigenvalue weighted by atomic mass is 10.2. The lowest BCUT2D eigenvalue weighted by Crippen LogP contribution is -2.09. The van der Waals surface area contributed by atoms with Gasteiger partial charge in [0.05, 0.1) is 13.2 Å². The van der Waals surface area contributed by atoms with Gasteiger partial charge in [0, 0.05) is 6.26 Å². The number of aromatic nitrogens is 1. The Bertz CT molecular complexity index is 886. The minimum absolute atomic E-state index is 0.0502. The van der Waals surface area contributed by atoms with Gasteiger partial charge in [-0.3, -0.25) is 0 Å². The van der Waals surface area contributed by atoms with Crippen LogP contribution in [0, 0.1) is 0 Å². The van der Waals surface area contributed by atoms with Crippen LogP contribution in [0.2, 0.25) is 0 Å². The summed E-state index contributed by atoms with van der Waals surface area (Å²) in [6.45, 7) is 0.124. The molecule has 1 aliphatic carbocycles. The first-order valence-corrected chi connectivity index (χ1v) is 10.2. The Labute approximate surface area is 149 Å². The van der Waals surface area contributed by atoms with Crippen molar-refractivity contribution in [1.29, 1.82) is 0 Å². The van der Waals surface area contributed by atoms with Crippen molar-refractivity contribution < 1.29 is 27.4 Å². The molecular weight excluding hydrogens is 366 g/mol. The number of benzene rings is 1. The largest absolute Gasteiger partial charge is 0.490 e. The van der Waals surface area contributed by atoms with Crippen molar-refractivity contribution in [3.05, 3.63) is 35.4 Å². The van der Waals surface area contributed by atoms with E-state index >= 15 is 0 Å². The standard InChI is InChI=1S/C16H17NO6S2/c1-21-15(18)13-14(17-24-16(13)25(2,19)20)22-9-10-4-3-5-12(8-10)23-11-6-7-11/h3-5,8,11H,6-7,9H2,1-2H3. The maximum atomic E-state index is 11.9. The second-order valence-corrected chi connectivity index (χ2v) is 8.65. The van der Waals surface area contributed by atoms with Gasteiger partial charge in [-0.2, -0.15) is 4.37 Å². The van der Waals surface area contributed by atoms with Gasteiger partial charge in [0.1, 0.15) is 12.4 Å². The Morgan fingerprint density at radius 1 is 1.36 bits per heavy atom. The second kappa shape index (κ2) is 7.01. The number of ether oxygens (including phenoxy) is 3. The van der Waals surface area contributed by atoms with E-state index in [4.69, 9.17) is 9.47 Å². The number of hydrogen-bond donors (Lipinski definition) is 0. The summed E-state index contributed by atoms with van der Waals surface area (Å²) in [4.78, 5) is 11.9. The summed E-state index contributed by atoms with van der Waals surface area (Å²) in [7, 11) is -2.43. The molecule has 9 heteroatoms. The third-order valence-electron chi connectivity index (χ3n) is 3.46. The number of hydrogen-bond acceptors (Lipinski definition) is 8. The molecular formula is C16H17NO6S2. The van der Waals surface area contributed by atoms with Crippen LogP contribution >= 0.6 is 11.5 Å². The van der Waals surface area contributed by atoms with Crippen LogP contribution in [0.5, 0.6) is 11.6 Å². The Hall–Kier alpha value is -2.13. The zero-order valence-electron chi connectivity index (χ0n) is 13.7. The van der Waals surface area contributed by atoms with Gasteiger partial charge >= 0.3 is 5.97 Å². The summed E-state index contributed by atoms with van der Waals surface area (Å²) >= 11 is 0.693. The minimum atomic E-state index is -3.61. The molecule has 0 saturated heterocycles. The first-order valence-electron chi connectivity index (χ1n) is 7.55. The molecule has 1 saturated carbocycles. The van der Waals surface area contributed by atoms with E-state index in [2.05, 4.69) is 9.11 Å². The summed E-state index contributed by atoms with van der Waals surface area (Å²) in [5.41, 5.74) is 0.656. The summed E-state index contributed by atoms with van der Waals surface area (Å²) < 4.78 is 43.4. The molecule has 0 bridgehead atoms. The molecule has 1 aliphatic rings. The fourth-order valence-corrected chi connectivity index (χ4v) is 3.89. The van der Waals surface area contributed by atoms with Gasteiger partial charge in [-0.1, -0.05) is 12.1 Å². The molecule has 1 aromatic carbocycles. The van der Waals surface area contributed by atoms with E-state index in [0.29, 0.717) is 11.5 Å². The van der Waals surface area contributed by atoms with Crippen LogP contribution in [0.15, 0.2) is 28.5 Å². The Morgan fingerprint density at radius 3 is 2.76 bits per heavy atom. The fraction of sp³-hybridized carbons (Fsp3) is 0.375. The second-order valence-electron chi connectivity index (χ2n) is 5.67. The van der Waals surface area contributed by atoms with Crippen LogP contribution in [0.1, 0.15) is 28.8 Å². The van der Waals surface area contributed by atoms with Crippen molar-refractivity contribution in [2.75, 3.05) is 13.4 Å². The molecule has 2 aromatic rings. The molecule has 134 valence electrons. The maximum Gasteiger partial charge on any atom is 0.345 e. The molecule has 7 nitrogen and oxygen atoms in total. The summed E-state index contributed by atoms with van der Waals surface area (Å²) in [5.74, 6) is -0.0901. The Kier molecular flexibility index (Phi) is 4.96. The van der Waals surface area contributed by atoms with Crippen molar-refractivity contribution in [3.63, 3.8) is 0 Å². The molecule has 1 heterocycles. The number of esters is 1. The number of methoxy groups -OCH3 is 1. The first kappa shape index (κ1) is 17.7. The van der Waals surface area contributed by atoms with Crippen molar-refractivity contribution >= 4 is 27.3 Å². The molecule has 1 aromatic heterocycles. The third-order valence-corrected chi connectivity index (χ3v) is 6.09. The highest BCUT2D eigenvalue weighted by Crippen LogP contribution is 2.31. The molecule has 0 spiro atoms. The lowest BCUT2D eigenvalue weighted by Gasteiger charge is -2.08. The summed E-state index contributed by atoms with van der Waals surface area (Å²) in [5, 5.41) is 0. The van der Waals surface area contributed by atoms with Gasteiger partial charge in [0.25, 0.3) is 0 Å². The zero-order chi connectivity index (χ0) is 18.0. The topological polar surface area (TPSA) is 91.8 Å². The predicted octanol–water partition coefficient (Wildman–Crippen LogP) is 2.45. The van der Waals surface area contributed by atoms with E-state index in [1.165, 1.54) is 7.11 Å². The normalized spacial score (nSPS) is 14.2. The number of carbonyl (C=O) groups is 1. The van der Waals surface area contributed by atoms with Crippen molar-refractivity contribution in [2.45, 2.75) is 29.8 Å². The smallest absolute Gasteiger partial charge is 0.345 e. The lowest BCUT2D eigenvalue weighted by molar-refractivity contribution is 0.0591. The Morgan fingerprint density at radius 2 is 2.12 bits per heavy atom. The summed E-state index contributed by atoms with van der Waals surface area (Å²) in [6, 6.07) is 7.41. The van der Waals surface area contributed by atoms with E-state index in [1.54, 1.807) is 0 Å². The van der Waals surface area contributed by atoms with Gasteiger partial charge in [-0.15, -0.1) is 0 Å². The van der Waals surface area contributed by atoms with Gasteiger partial charge in [0.2, 0.25) is 5.88 Å². The average molecular weight is 383 g/mol. The van der Waals surface area contributed by atoms with Gasteiger partial charge in [-0.25, -0.2) is 13.2 Å². The monoisotopic (exact) mass is 383 g/mol. The van der Waals surface area contributed by atoms with Crippen LogP contribution in [0.3, 0.4) is 0 Å². The van der Waals surface area contributed by atoms with Crippen molar-refractivity contribution in [1.82, 2.24) is 4.37 Å². The average Bonchev–Trinajstić information content (AvgIpc) is 3.26. The highest BCUT2D eigenvalue weighted by molar-refractivity contribution is 7.92. The van der Waals surface area contributed by atoms with Crippen LogP contribution < -0.4 is 9.47 Å². The van der Waals surface area contributed by atoms with Crippen LogP contribution in [0.4, 0.5) is 0 Å². The zero-order valence-corrected chi connectivity index (χ0v) is 15.4. The number of carbonyl (C=O) groups excluding carboxylic acids is 1. The SMILES string of the molecule is COC(=O)c1c(OCc2cccc(OC3CC3)c2)nsc1S(C)(=O)=O. The number of nitrogens with zero attached hydrogens (tertiary/aromatic N) is 1. The molecule has 0 amide bonds. The fourth-order valence-electron chi connectivity index (χ4n) is 2.12. The third kappa shape index (κ3) is 4.29. The molecule has 0 N–H and O–H groups in total. The van der Waals surface area contributed by atoms with Crippen LogP contribution in [-0.4, -0.2) is 38.2 Å². The molecule has 3 rings (SSSR count). The van der Waals surface area contributed by atoms with E-state index in [0.717, 1.165) is 30.4 Å². The van der Waals surface area contributed by atoms with Gasteiger partial charge < -0.3 is 14.2 Å². The van der Waals surface area contributed by atoms with Crippen LogP contribution in [0.25, 0.3) is 0 Å². The highest BCUT2D eigenvalue weighted by atomic mass is 32.2. The quantitative estimate of drug-likeness (QED) is 0.678. The molecule has 25 heavy (non-hydrogen) atoms. The molecule has 0 radical (unpaired) electrons. The number of rotatable bonds is 7. The molecule has 0 atom stereocenters. The Balaban J connectivity index is 1.79. The van der Waals surface area contributed by atoms with E-state index < -0.39 is 15.8 Å². The minimum Gasteiger partial charge on any atom is -0.490 e. The first-order chi connectivity index (χ1) is 11.9. The molecule has 0 unspecified atom stereocenters. The van der Waals surface area contributed by atoms with E-state index in [1.807, 2.05) is 24.3 Å². The maximum absolute atomic E-state index is 11.9. The van der Waals surface area contributed by atoms with Gasteiger partial charge in [-0.05, 0) is 42.1 Å². The van der Waals surface area contributed by atoms with Crippen LogP contribution in [-0.2, 0) is 21.2 Å². The van der Waals surface area contributed by atoms with Crippen molar-refractivity contribution in [3.8, 4) is 11.6 Å². The predicted molar refractivity (Wildman–Crippen MR) is 91.0 cm³/mol. The van der Waals surface area contributed by atoms with Gasteiger partial charge in [0.15, 0.2) is 19.6 Å².